The second kappa shape index (κ2) is 6.92. The largest absolute Gasteiger partial charge is 0.335 e. The fraction of sp³-hybridized carbons (Fsp3) is 0.353. The first-order chi connectivity index (χ1) is 11.5. The number of nitrogens with zero attached hydrogens (tertiary/aromatic N) is 4. The Morgan fingerprint density at radius 1 is 1.12 bits per heavy atom. The van der Waals surface area contributed by atoms with Crippen LogP contribution in [0.15, 0.2) is 30.3 Å². The van der Waals surface area contributed by atoms with Crippen molar-refractivity contribution in [2.24, 2.45) is 0 Å². The van der Waals surface area contributed by atoms with E-state index in [9.17, 15) is 9.18 Å². The SMILES string of the molecule is Cc1cc(C(=O)N2CCN(C)CC2)nc(Nc2ccc(F)cc2)n1. The topological polar surface area (TPSA) is 61.4 Å². The van der Waals surface area contributed by atoms with E-state index in [2.05, 4.69) is 20.2 Å². The van der Waals surface area contributed by atoms with Crippen LogP contribution in [-0.4, -0.2) is 58.9 Å². The number of hydrogen-bond acceptors (Lipinski definition) is 5. The number of carbonyl (C=O) groups is 1. The molecule has 0 spiro atoms. The van der Waals surface area contributed by atoms with Gasteiger partial charge in [-0.25, -0.2) is 14.4 Å². The van der Waals surface area contributed by atoms with Gasteiger partial charge in [-0.2, -0.15) is 0 Å². The Morgan fingerprint density at radius 3 is 2.46 bits per heavy atom. The second-order valence-electron chi connectivity index (χ2n) is 5.95. The highest BCUT2D eigenvalue weighted by atomic mass is 19.1. The Hall–Kier alpha value is -2.54. The maximum atomic E-state index is 13.0. The maximum Gasteiger partial charge on any atom is 0.272 e. The molecular weight excluding hydrogens is 309 g/mol. The van der Waals surface area contributed by atoms with E-state index in [-0.39, 0.29) is 11.7 Å². The van der Waals surface area contributed by atoms with Gasteiger partial charge in [0.1, 0.15) is 11.5 Å². The van der Waals surface area contributed by atoms with Gasteiger partial charge < -0.3 is 15.1 Å². The predicted octanol–water partition coefficient (Wildman–Crippen LogP) is 2.06. The number of halogens is 1. The predicted molar refractivity (Wildman–Crippen MR) is 89.9 cm³/mol. The average molecular weight is 329 g/mol. The van der Waals surface area contributed by atoms with Gasteiger partial charge >= 0.3 is 0 Å². The molecule has 1 saturated heterocycles. The number of piperazine rings is 1. The van der Waals surface area contributed by atoms with E-state index >= 15 is 0 Å². The van der Waals surface area contributed by atoms with Crippen molar-refractivity contribution in [2.75, 3.05) is 38.5 Å². The highest BCUT2D eigenvalue weighted by Gasteiger charge is 2.22. The van der Waals surface area contributed by atoms with Crippen LogP contribution >= 0.6 is 0 Å². The first kappa shape index (κ1) is 16.3. The van der Waals surface area contributed by atoms with Crippen molar-refractivity contribution in [1.82, 2.24) is 19.8 Å². The lowest BCUT2D eigenvalue weighted by Crippen LogP contribution is -2.47. The molecule has 1 aliphatic rings. The number of benzene rings is 1. The van der Waals surface area contributed by atoms with Gasteiger partial charge in [0.05, 0.1) is 0 Å². The van der Waals surface area contributed by atoms with E-state index in [1.54, 1.807) is 18.2 Å². The number of anilines is 2. The third kappa shape index (κ3) is 3.86. The smallest absolute Gasteiger partial charge is 0.272 e. The van der Waals surface area contributed by atoms with Gasteiger partial charge in [0, 0.05) is 37.6 Å². The molecule has 1 aliphatic heterocycles. The van der Waals surface area contributed by atoms with Gasteiger partial charge in [0.25, 0.3) is 5.91 Å². The van der Waals surface area contributed by atoms with E-state index < -0.39 is 0 Å². The van der Waals surface area contributed by atoms with Crippen molar-refractivity contribution < 1.29 is 9.18 Å². The molecule has 24 heavy (non-hydrogen) atoms. The molecule has 1 aromatic carbocycles. The standard InChI is InChI=1S/C17H20FN5O/c1-12-11-15(16(24)23-9-7-22(2)8-10-23)21-17(19-12)20-14-5-3-13(18)4-6-14/h3-6,11H,7-10H2,1-2H3,(H,19,20,21). The highest BCUT2D eigenvalue weighted by Crippen LogP contribution is 2.15. The monoisotopic (exact) mass is 329 g/mol. The lowest BCUT2D eigenvalue weighted by molar-refractivity contribution is 0.0658. The summed E-state index contributed by atoms with van der Waals surface area (Å²) in [7, 11) is 2.04. The minimum absolute atomic E-state index is 0.0873. The zero-order chi connectivity index (χ0) is 17.1. The second-order valence-corrected chi connectivity index (χ2v) is 5.95. The zero-order valence-electron chi connectivity index (χ0n) is 13.8. The Balaban J connectivity index is 1.78. The molecule has 1 fully saturated rings. The molecule has 3 rings (SSSR count). The number of nitrogens with one attached hydrogen (secondary N) is 1. The summed E-state index contributed by atoms with van der Waals surface area (Å²) in [6, 6.07) is 7.60. The van der Waals surface area contributed by atoms with E-state index in [0.717, 1.165) is 13.1 Å². The average Bonchev–Trinajstić information content (AvgIpc) is 2.56. The van der Waals surface area contributed by atoms with E-state index in [4.69, 9.17) is 0 Å². The number of likely N-dealkylation sites (N-methyl/N-ethyl adjacent to an activating group) is 1. The van der Waals surface area contributed by atoms with Gasteiger partial charge in [0.15, 0.2) is 0 Å². The number of aryl methyl sites for hydroxylation is 1. The Morgan fingerprint density at radius 2 is 1.79 bits per heavy atom. The molecule has 0 radical (unpaired) electrons. The van der Waals surface area contributed by atoms with Gasteiger partial charge in [-0.1, -0.05) is 0 Å². The molecule has 0 atom stereocenters. The number of hydrogen-bond donors (Lipinski definition) is 1. The summed E-state index contributed by atoms with van der Waals surface area (Å²) in [6.07, 6.45) is 0. The molecular formula is C17H20FN5O. The molecule has 1 aromatic heterocycles. The molecule has 2 aromatic rings. The third-order valence-corrected chi connectivity index (χ3v) is 3.96. The normalized spacial score (nSPS) is 15.4. The van der Waals surface area contributed by atoms with Crippen LogP contribution in [0, 0.1) is 12.7 Å². The lowest BCUT2D eigenvalue weighted by Gasteiger charge is -2.32. The first-order valence-corrected chi connectivity index (χ1v) is 7.87. The molecule has 126 valence electrons. The molecule has 0 aliphatic carbocycles. The molecule has 0 unspecified atom stereocenters. The van der Waals surface area contributed by atoms with Crippen molar-refractivity contribution in [3.05, 3.63) is 47.5 Å². The van der Waals surface area contributed by atoms with Crippen LogP contribution in [0.1, 0.15) is 16.2 Å². The molecule has 7 heteroatoms. The summed E-state index contributed by atoms with van der Waals surface area (Å²) in [5.41, 5.74) is 1.74. The molecule has 1 N–H and O–H groups in total. The van der Waals surface area contributed by atoms with Crippen molar-refractivity contribution in [2.45, 2.75) is 6.92 Å². The van der Waals surface area contributed by atoms with Crippen LogP contribution in [0.5, 0.6) is 0 Å². The summed E-state index contributed by atoms with van der Waals surface area (Å²) in [5, 5.41) is 3.01. The molecule has 0 bridgehead atoms. The van der Waals surface area contributed by atoms with Crippen LogP contribution in [-0.2, 0) is 0 Å². The maximum absolute atomic E-state index is 13.0. The summed E-state index contributed by atoms with van der Waals surface area (Å²) in [6.45, 7) is 4.92. The molecule has 6 nitrogen and oxygen atoms in total. The van der Waals surface area contributed by atoms with Crippen molar-refractivity contribution in [3.8, 4) is 0 Å². The molecule has 1 amide bonds. The van der Waals surface area contributed by atoms with Gasteiger partial charge in [-0.15, -0.1) is 0 Å². The van der Waals surface area contributed by atoms with Gasteiger partial charge in [0.2, 0.25) is 5.95 Å². The minimum atomic E-state index is -0.309. The van der Waals surface area contributed by atoms with Gasteiger partial charge in [-0.3, -0.25) is 4.79 Å². The number of rotatable bonds is 3. The van der Waals surface area contributed by atoms with E-state index in [1.807, 2.05) is 18.9 Å². The number of amides is 1. The third-order valence-electron chi connectivity index (χ3n) is 3.96. The van der Waals surface area contributed by atoms with Crippen molar-refractivity contribution in [1.29, 1.82) is 0 Å². The van der Waals surface area contributed by atoms with Crippen LogP contribution in [0.3, 0.4) is 0 Å². The molecule has 2 heterocycles. The lowest BCUT2D eigenvalue weighted by atomic mass is 10.2. The summed E-state index contributed by atoms with van der Waals surface area (Å²) < 4.78 is 13.0. The van der Waals surface area contributed by atoms with E-state index in [1.165, 1.54) is 12.1 Å². The highest BCUT2D eigenvalue weighted by molar-refractivity contribution is 5.92. The van der Waals surface area contributed by atoms with Crippen LogP contribution in [0.4, 0.5) is 16.0 Å². The first-order valence-electron chi connectivity index (χ1n) is 7.87. The zero-order valence-corrected chi connectivity index (χ0v) is 13.8. The van der Waals surface area contributed by atoms with Crippen LogP contribution in [0.25, 0.3) is 0 Å². The fourth-order valence-electron chi connectivity index (χ4n) is 2.57. The molecule has 0 saturated carbocycles. The van der Waals surface area contributed by atoms with Gasteiger partial charge in [-0.05, 0) is 44.3 Å². The summed E-state index contributed by atoms with van der Waals surface area (Å²) in [4.78, 5) is 25.3. The Labute approximate surface area is 140 Å². The van der Waals surface area contributed by atoms with Crippen molar-refractivity contribution >= 4 is 17.5 Å². The van der Waals surface area contributed by atoms with Crippen molar-refractivity contribution in [3.63, 3.8) is 0 Å². The summed E-state index contributed by atoms with van der Waals surface area (Å²) in [5.74, 6) is -0.0634. The fourth-order valence-corrected chi connectivity index (χ4v) is 2.57. The van der Waals surface area contributed by atoms with E-state index in [0.29, 0.717) is 36.1 Å². The Kier molecular flexibility index (Phi) is 4.71. The quantitative estimate of drug-likeness (QED) is 0.934. The summed E-state index contributed by atoms with van der Waals surface area (Å²) >= 11 is 0. The minimum Gasteiger partial charge on any atom is -0.335 e. The van der Waals surface area contributed by atoms with Crippen LogP contribution in [0.2, 0.25) is 0 Å². The number of carbonyl (C=O) groups excluding carboxylic acids is 1. The van der Waals surface area contributed by atoms with Crippen LogP contribution < -0.4 is 5.32 Å². The Bertz CT molecular complexity index is 726. The number of aromatic nitrogens is 2.